The van der Waals surface area contributed by atoms with Crippen molar-refractivity contribution in [1.82, 2.24) is 14.8 Å². The monoisotopic (exact) mass is 323 g/mol. The Bertz CT molecular complexity index is 614. The van der Waals surface area contributed by atoms with Gasteiger partial charge in [0.2, 0.25) is 5.91 Å². The number of nitrogens with zero attached hydrogens (tertiary/aromatic N) is 3. The Labute approximate surface area is 131 Å². The molecule has 0 unspecified atom stereocenters. The van der Waals surface area contributed by atoms with Crippen LogP contribution in [0, 0.1) is 0 Å². The van der Waals surface area contributed by atoms with Crippen LogP contribution in [0.4, 0.5) is 4.79 Å². The summed E-state index contributed by atoms with van der Waals surface area (Å²) < 4.78 is 4.99. The Balaban J connectivity index is 1.72. The first-order valence-electron chi connectivity index (χ1n) is 7.14. The van der Waals surface area contributed by atoms with Gasteiger partial charge in [0.15, 0.2) is 5.60 Å². The van der Waals surface area contributed by atoms with Crippen LogP contribution in [-0.4, -0.2) is 51.4 Å². The smallest absolute Gasteiger partial charge is 0.418 e. The van der Waals surface area contributed by atoms with Crippen molar-refractivity contribution >= 4 is 29.2 Å². The van der Waals surface area contributed by atoms with Crippen LogP contribution in [0.3, 0.4) is 0 Å². The van der Waals surface area contributed by atoms with Gasteiger partial charge >= 0.3 is 6.09 Å². The molecule has 1 atom stereocenters. The molecule has 0 aliphatic carbocycles. The summed E-state index contributed by atoms with van der Waals surface area (Å²) >= 11 is 1.51. The summed E-state index contributed by atoms with van der Waals surface area (Å²) in [5, 5.41) is 2.77. The van der Waals surface area contributed by atoms with Crippen molar-refractivity contribution in [3.8, 4) is 0 Å². The van der Waals surface area contributed by atoms with Crippen molar-refractivity contribution < 1.29 is 19.1 Å². The highest BCUT2D eigenvalue weighted by Gasteiger charge is 2.48. The minimum Gasteiger partial charge on any atom is -0.433 e. The molecule has 3 heterocycles. The van der Waals surface area contributed by atoms with Crippen molar-refractivity contribution in [1.29, 1.82) is 0 Å². The Morgan fingerprint density at radius 2 is 2.27 bits per heavy atom. The Morgan fingerprint density at radius 1 is 1.50 bits per heavy atom. The molecule has 2 aliphatic heterocycles. The third-order valence-electron chi connectivity index (χ3n) is 3.93. The van der Waals surface area contributed by atoms with Crippen LogP contribution in [0.2, 0.25) is 0 Å². The summed E-state index contributed by atoms with van der Waals surface area (Å²) in [5.41, 5.74) is -1.20. The summed E-state index contributed by atoms with van der Waals surface area (Å²) in [6, 6.07) is -0.0609. The number of ether oxygens (including phenoxy) is 1. The molecule has 118 valence electrons. The van der Waals surface area contributed by atoms with Crippen LogP contribution in [0.5, 0.6) is 0 Å². The molecule has 1 aromatic heterocycles. The van der Waals surface area contributed by atoms with Gasteiger partial charge in [-0.25, -0.2) is 14.7 Å². The first-order valence-corrected chi connectivity index (χ1v) is 8.02. The van der Waals surface area contributed by atoms with Gasteiger partial charge in [0.05, 0.1) is 6.04 Å². The lowest BCUT2D eigenvalue weighted by Gasteiger charge is -2.24. The van der Waals surface area contributed by atoms with E-state index in [1.54, 1.807) is 11.1 Å². The van der Waals surface area contributed by atoms with Crippen LogP contribution in [-0.2, 0) is 14.3 Å². The van der Waals surface area contributed by atoms with E-state index in [9.17, 15) is 14.4 Å². The highest BCUT2D eigenvalue weighted by atomic mass is 32.1. The van der Waals surface area contributed by atoms with Crippen molar-refractivity contribution in [2.24, 2.45) is 0 Å². The molecule has 0 saturated carbocycles. The minimum absolute atomic E-state index is 0.0609. The summed E-state index contributed by atoms with van der Waals surface area (Å²) in [7, 11) is 0. The number of hydrogen-bond acceptors (Lipinski definition) is 6. The second-order valence-electron chi connectivity index (χ2n) is 5.89. The maximum atomic E-state index is 12.5. The quantitative estimate of drug-likeness (QED) is 0.843. The maximum absolute atomic E-state index is 12.5. The molecule has 3 amide bonds. The van der Waals surface area contributed by atoms with Gasteiger partial charge in [-0.1, -0.05) is 0 Å². The molecule has 0 radical (unpaired) electrons. The number of carbonyl (C=O) groups is 3. The number of rotatable bonds is 3. The molecule has 1 aromatic rings. The van der Waals surface area contributed by atoms with Gasteiger partial charge in [-0.3, -0.25) is 9.59 Å². The number of thiazole rings is 1. The largest absolute Gasteiger partial charge is 0.433 e. The molecular weight excluding hydrogens is 306 g/mol. The Morgan fingerprint density at radius 3 is 2.86 bits per heavy atom. The number of amides is 3. The van der Waals surface area contributed by atoms with E-state index in [1.165, 1.54) is 25.2 Å². The Kier molecular flexibility index (Phi) is 3.64. The van der Waals surface area contributed by atoms with Crippen molar-refractivity contribution in [3.05, 3.63) is 16.6 Å². The van der Waals surface area contributed by atoms with E-state index in [4.69, 9.17) is 4.74 Å². The van der Waals surface area contributed by atoms with Gasteiger partial charge in [-0.15, -0.1) is 11.3 Å². The van der Waals surface area contributed by atoms with Crippen LogP contribution in [0.1, 0.15) is 37.7 Å². The van der Waals surface area contributed by atoms with Gasteiger partial charge in [-0.05, 0) is 26.7 Å². The molecule has 3 rings (SSSR count). The summed E-state index contributed by atoms with van der Waals surface area (Å²) in [6.07, 6.45) is 2.70. The number of likely N-dealkylation sites (tertiary alicyclic amines) is 1. The molecule has 0 N–H and O–H groups in total. The summed E-state index contributed by atoms with van der Waals surface area (Å²) in [5.74, 6) is -0.725. The fourth-order valence-corrected chi connectivity index (χ4v) is 3.59. The van der Waals surface area contributed by atoms with E-state index in [-0.39, 0.29) is 18.5 Å². The number of carbonyl (C=O) groups excluding carboxylic acids is 3. The first kappa shape index (κ1) is 15.0. The highest BCUT2D eigenvalue weighted by Crippen LogP contribution is 2.33. The zero-order valence-electron chi connectivity index (χ0n) is 12.4. The van der Waals surface area contributed by atoms with E-state index in [1.807, 2.05) is 5.38 Å². The number of hydrogen-bond donors (Lipinski definition) is 0. The van der Waals surface area contributed by atoms with E-state index in [0.29, 0.717) is 6.54 Å². The summed E-state index contributed by atoms with van der Waals surface area (Å²) in [6.45, 7) is 3.38. The molecule has 8 heteroatoms. The third-order valence-corrected chi connectivity index (χ3v) is 4.80. The number of aromatic nitrogens is 1. The van der Waals surface area contributed by atoms with Crippen LogP contribution < -0.4 is 0 Å². The molecule has 7 nitrogen and oxygen atoms in total. The van der Waals surface area contributed by atoms with Crippen LogP contribution >= 0.6 is 11.3 Å². The van der Waals surface area contributed by atoms with E-state index in [0.717, 1.165) is 22.7 Å². The van der Waals surface area contributed by atoms with Crippen LogP contribution in [0.25, 0.3) is 0 Å². The highest BCUT2D eigenvalue weighted by molar-refractivity contribution is 7.09. The van der Waals surface area contributed by atoms with E-state index in [2.05, 4.69) is 4.98 Å². The topological polar surface area (TPSA) is 79.8 Å². The van der Waals surface area contributed by atoms with E-state index < -0.39 is 17.6 Å². The fourth-order valence-electron chi connectivity index (χ4n) is 2.81. The molecule has 2 fully saturated rings. The molecule has 2 aliphatic rings. The lowest BCUT2D eigenvalue weighted by atomic mass is 10.1. The van der Waals surface area contributed by atoms with E-state index >= 15 is 0 Å². The van der Waals surface area contributed by atoms with Gasteiger partial charge < -0.3 is 9.64 Å². The predicted octanol–water partition coefficient (Wildman–Crippen LogP) is 1.56. The second kappa shape index (κ2) is 5.35. The van der Waals surface area contributed by atoms with Gasteiger partial charge in [-0.2, -0.15) is 0 Å². The van der Waals surface area contributed by atoms with Crippen molar-refractivity contribution in [2.75, 3.05) is 13.1 Å². The first-order chi connectivity index (χ1) is 10.4. The zero-order valence-corrected chi connectivity index (χ0v) is 13.3. The molecular formula is C14H17N3O4S. The third kappa shape index (κ3) is 2.47. The SMILES string of the molecule is CC1(C)OC(=O)N(CC(=O)N2CCC[C@@H]2c2nccs2)C1=O. The average Bonchev–Trinajstić information content (AvgIpc) is 3.14. The molecule has 2 saturated heterocycles. The fraction of sp³-hybridized carbons (Fsp3) is 0.571. The lowest BCUT2D eigenvalue weighted by molar-refractivity contribution is -0.140. The van der Waals surface area contributed by atoms with Crippen molar-refractivity contribution in [2.45, 2.75) is 38.3 Å². The van der Waals surface area contributed by atoms with Crippen molar-refractivity contribution in [3.63, 3.8) is 0 Å². The standard InChI is InChI=1S/C14H17N3O4S/c1-14(2)12(19)17(13(20)21-14)8-10(18)16-6-3-4-9(16)11-15-5-7-22-11/h5,7,9H,3-4,6,8H2,1-2H3/t9-/m1/s1. The Hall–Kier alpha value is -1.96. The molecule has 0 spiro atoms. The van der Waals surface area contributed by atoms with Gasteiger partial charge in [0.25, 0.3) is 5.91 Å². The normalized spacial score (nSPS) is 24.0. The predicted molar refractivity (Wildman–Crippen MR) is 78.1 cm³/mol. The second-order valence-corrected chi connectivity index (χ2v) is 6.81. The molecule has 0 aromatic carbocycles. The summed E-state index contributed by atoms with van der Waals surface area (Å²) in [4.78, 5) is 43.2. The van der Waals surface area contributed by atoms with Crippen LogP contribution in [0.15, 0.2) is 11.6 Å². The van der Waals surface area contributed by atoms with Gasteiger partial charge in [0, 0.05) is 18.1 Å². The van der Waals surface area contributed by atoms with Gasteiger partial charge in [0.1, 0.15) is 11.6 Å². The lowest BCUT2D eigenvalue weighted by Crippen LogP contribution is -2.44. The molecule has 0 bridgehead atoms. The number of cyclic esters (lactones) is 1. The minimum atomic E-state index is -1.20. The maximum Gasteiger partial charge on any atom is 0.418 e. The number of imide groups is 1. The molecule has 22 heavy (non-hydrogen) atoms. The average molecular weight is 323 g/mol. The zero-order chi connectivity index (χ0) is 15.9.